The van der Waals surface area contributed by atoms with E-state index in [9.17, 15) is 0 Å². The molecule has 0 radical (unpaired) electrons. The molecule has 88 valence electrons. The summed E-state index contributed by atoms with van der Waals surface area (Å²) >= 11 is 0. The van der Waals surface area contributed by atoms with Crippen LogP contribution in [0.3, 0.4) is 0 Å². The van der Waals surface area contributed by atoms with Crippen molar-refractivity contribution in [3.05, 3.63) is 0 Å². The van der Waals surface area contributed by atoms with E-state index in [0.29, 0.717) is 0 Å². The Bertz CT molecular complexity index is 64.2. The molecule has 0 unspecified atom stereocenters. The van der Waals surface area contributed by atoms with Crippen LogP contribution in [0.25, 0.3) is 0 Å². The minimum absolute atomic E-state index is 0. The number of halogens is 4. The largest absolute Gasteiger partial charge is 3.00 e. The molecule has 0 fully saturated rings. The van der Waals surface area contributed by atoms with Crippen molar-refractivity contribution in [3.8, 4) is 0 Å². The SMILES string of the molecule is CC[N+](CC)(CC)CC.[B+3].[F-].[F-].[F-].[F-]. The van der Waals surface area contributed by atoms with Crippen molar-refractivity contribution in [2.45, 2.75) is 27.7 Å². The molecule has 0 saturated heterocycles. The third kappa shape index (κ3) is 9.83. The van der Waals surface area contributed by atoms with Gasteiger partial charge in [-0.05, 0) is 27.7 Å². The van der Waals surface area contributed by atoms with Crippen LogP contribution in [0.2, 0.25) is 0 Å². The Morgan fingerprint density at radius 1 is 0.571 bits per heavy atom. The van der Waals surface area contributed by atoms with Gasteiger partial charge < -0.3 is 23.3 Å². The first kappa shape index (κ1) is 37.2. The van der Waals surface area contributed by atoms with Crippen molar-refractivity contribution < 1.29 is 23.3 Å². The fourth-order valence-corrected chi connectivity index (χ4v) is 1.34. The molecule has 1 nitrogen and oxygen atoms in total. The molecule has 0 amide bonds. The van der Waals surface area contributed by atoms with Crippen molar-refractivity contribution in [3.63, 3.8) is 0 Å². The smallest absolute Gasteiger partial charge is 1.00 e. The second-order valence-electron chi connectivity index (χ2n) is 2.61. The molecule has 14 heavy (non-hydrogen) atoms. The number of rotatable bonds is 4. The zero-order valence-electron chi connectivity index (χ0n) is 9.36. The Morgan fingerprint density at radius 3 is 0.714 bits per heavy atom. The standard InChI is InChI=1S/C8H20N.B.4FH/c1-5-9(6-2,7-3)8-4;;;;;/h5-8H2,1-4H3;;4*1H/q+1;+3;;;;/p-4. The van der Waals surface area contributed by atoms with E-state index in [1.807, 2.05) is 0 Å². The predicted octanol–water partition coefficient (Wildman–Crippen LogP) is -10.5. The maximum Gasteiger partial charge on any atom is 3.00 e. The van der Waals surface area contributed by atoms with Crippen molar-refractivity contribution in [2.24, 2.45) is 0 Å². The summed E-state index contributed by atoms with van der Waals surface area (Å²) in [7, 11) is 0. The Labute approximate surface area is 86.5 Å². The van der Waals surface area contributed by atoms with Crippen LogP contribution in [0.1, 0.15) is 27.7 Å². The maximum absolute atomic E-state index is 2.27. The van der Waals surface area contributed by atoms with E-state index in [1.54, 1.807) is 0 Å². The maximum atomic E-state index is 2.27. The number of quaternary nitrogens is 1. The summed E-state index contributed by atoms with van der Waals surface area (Å²) in [5.41, 5.74) is 0. The Hall–Kier alpha value is -0.255. The molecule has 0 spiro atoms. The molecule has 6 heteroatoms. The zero-order chi connectivity index (χ0) is 7.33. The van der Waals surface area contributed by atoms with Crippen LogP contribution in [0.15, 0.2) is 0 Å². The summed E-state index contributed by atoms with van der Waals surface area (Å²) in [4.78, 5) is 0. The van der Waals surface area contributed by atoms with Crippen molar-refractivity contribution in [1.82, 2.24) is 0 Å². The van der Waals surface area contributed by atoms with Gasteiger partial charge in [0.05, 0.1) is 26.2 Å². The fourth-order valence-electron chi connectivity index (χ4n) is 1.34. The monoisotopic (exact) mass is 217 g/mol. The van der Waals surface area contributed by atoms with Crippen LogP contribution < -0.4 is 18.8 Å². The Morgan fingerprint density at radius 2 is 0.714 bits per heavy atom. The van der Waals surface area contributed by atoms with Gasteiger partial charge in [-0.3, -0.25) is 0 Å². The molecule has 0 N–H and O–H groups in total. The van der Waals surface area contributed by atoms with Gasteiger partial charge in [0.25, 0.3) is 0 Å². The van der Waals surface area contributed by atoms with Crippen LogP contribution in [-0.4, -0.2) is 39.1 Å². The minimum Gasteiger partial charge on any atom is -1.00 e. The van der Waals surface area contributed by atoms with Gasteiger partial charge in [0.2, 0.25) is 0 Å². The van der Waals surface area contributed by atoms with E-state index in [1.165, 1.54) is 30.7 Å². The average molecular weight is 217 g/mol. The molecule has 0 aliphatic carbocycles. The molecule has 0 saturated carbocycles. The summed E-state index contributed by atoms with van der Waals surface area (Å²) in [6.45, 7) is 14.2. The average Bonchev–Trinajstić information content (AvgIpc) is 1.95. The molecule has 0 rings (SSSR count). The van der Waals surface area contributed by atoms with Crippen LogP contribution >= 0.6 is 0 Å². The molecular weight excluding hydrogens is 197 g/mol. The quantitative estimate of drug-likeness (QED) is 0.249. The summed E-state index contributed by atoms with van der Waals surface area (Å²) in [6, 6.07) is 0. The minimum atomic E-state index is 0. The van der Waals surface area contributed by atoms with Crippen LogP contribution in [0.5, 0.6) is 0 Å². The molecule has 0 atom stereocenters. The predicted molar refractivity (Wildman–Crippen MR) is 48.2 cm³/mol. The first-order valence-electron chi connectivity index (χ1n) is 4.09. The molecule has 0 bridgehead atoms. The molecular formula is C8H20BF4N. The second kappa shape index (κ2) is 18.5. The van der Waals surface area contributed by atoms with Gasteiger partial charge in [-0.1, -0.05) is 0 Å². The van der Waals surface area contributed by atoms with Gasteiger partial charge in [0.15, 0.2) is 0 Å². The van der Waals surface area contributed by atoms with Gasteiger partial charge in [-0.2, -0.15) is 0 Å². The Kier molecular flexibility index (Phi) is 49.2. The number of hydrogen-bond acceptors (Lipinski definition) is 0. The van der Waals surface area contributed by atoms with Crippen molar-refractivity contribution in [1.29, 1.82) is 0 Å². The van der Waals surface area contributed by atoms with Crippen molar-refractivity contribution in [2.75, 3.05) is 26.2 Å². The van der Waals surface area contributed by atoms with Gasteiger partial charge in [0.1, 0.15) is 0 Å². The van der Waals surface area contributed by atoms with E-state index in [4.69, 9.17) is 0 Å². The summed E-state index contributed by atoms with van der Waals surface area (Å²) in [5.74, 6) is 0. The molecule has 0 aromatic rings. The van der Waals surface area contributed by atoms with Crippen molar-refractivity contribution >= 4 is 8.41 Å². The van der Waals surface area contributed by atoms with E-state index >= 15 is 0 Å². The molecule has 0 aliphatic heterocycles. The van der Waals surface area contributed by atoms with Gasteiger partial charge in [-0.25, -0.2) is 0 Å². The van der Waals surface area contributed by atoms with E-state index in [-0.39, 0.29) is 27.2 Å². The van der Waals surface area contributed by atoms with Gasteiger partial charge >= 0.3 is 8.41 Å². The molecule has 0 aromatic carbocycles. The Balaban J connectivity index is -0.0000000320. The summed E-state index contributed by atoms with van der Waals surface area (Å²) < 4.78 is 1.28. The zero-order valence-corrected chi connectivity index (χ0v) is 9.36. The van der Waals surface area contributed by atoms with Gasteiger partial charge in [-0.15, -0.1) is 0 Å². The topological polar surface area (TPSA) is 0 Å². The number of nitrogens with zero attached hydrogens (tertiary/aromatic N) is 1. The normalized spacial score (nSPS) is 7.71. The first-order chi connectivity index (χ1) is 4.24. The van der Waals surface area contributed by atoms with Gasteiger partial charge in [0, 0.05) is 0 Å². The van der Waals surface area contributed by atoms with Crippen LogP contribution in [-0.2, 0) is 0 Å². The fraction of sp³-hybridized carbons (Fsp3) is 1.00. The first-order valence-corrected chi connectivity index (χ1v) is 4.09. The number of hydrogen-bond donors (Lipinski definition) is 0. The third-order valence-corrected chi connectivity index (χ3v) is 2.68. The van der Waals surface area contributed by atoms with E-state index < -0.39 is 0 Å². The summed E-state index contributed by atoms with van der Waals surface area (Å²) in [5, 5.41) is 0. The molecule has 0 aromatic heterocycles. The van der Waals surface area contributed by atoms with E-state index in [2.05, 4.69) is 27.7 Å². The molecule has 0 heterocycles. The van der Waals surface area contributed by atoms with Crippen LogP contribution in [0.4, 0.5) is 0 Å². The second-order valence-corrected chi connectivity index (χ2v) is 2.61. The van der Waals surface area contributed by atoms with E-state index in [0.717, 1.165) is 0 Å². The summed E-state index contributed by atoms with van der Waals surface area (Å²) in [6.07, 6.45) is 0. The molecule has 0 aliphatic rings. The third-order valence-electron chi connectivity index (χ3n) is 2.68. The van der Waals surface area contributed by atoms with Crippen LogP contribution in [0, 0.1) is 0 Å².